The first-order valence-electron chi connectivity index (χ1n) is 9.24. The zero-order chi connectivity index (χ0) is 21.0. The van der Waals surface area contributed by atoms with Gasteiger partial charge in [0, 0.05) is 37.6 Å². The number of aryl methyl sites for hydroxylation is 2. The number of aromatic nitrogens is 2. The van der Waals surface area contributed by atoms with Gasteiger partial charge in [-0.2, -0.15) is 0 Å². The second-order valence-corrected chi connectivity index (χ2v) is 6.90. The highest BCUT2D eigenvalue weighted by Crippen LogP contribution is 2.24. The number of rotatable bonds is 7. The first kappa shape index (κ1) is 20.2. The maximum atomic E-state index is 12.6. The van der Waals surface area contributed by atoms with Crippen molar-refractivity contribution in [3.63, 3.8) is 0 Å². The number of hydrogen-bond acceptors (Lipinski definition) is 6. The van der Waals surface area contributed by atoms with Gasteiger partial charge in [-0.25, -0.2) is 0 Å². The number of nitro groups is 1. The van der Waals surface area contributed by atoms with Crippen molar-refractivity contribution in [2.45, 2.75) is 32.7 Å². The Kier molecular flexibility index (Phi) is 6.01. The number of hydrogen-bond donors (Lipinski definition) is 0. The molecule has 0 aliphatic rings. The highest BCUT2D eigenvalue weighted by Gasteiger charge is 2.20. The number of non-ortho nitro benzene ring substituents is 1. The second-order valence-electron chi connectivity index (χ2n) is 6.90. The molecule has 0 unspecified atom stereocenters. The van der Waals surface area contributed by atoms with Crippen molar-refractivity contribution >= 4 is 11.6 Å². The van der Waals surface area contributed by atoms with E-state index in [2.05, 4.69) is 10.2 Å². The normalized spacial score (nSPS) is 11.8. The molecule has 3 rings (SSSR count). The largest absolute Gasteiger partial charge is 0.421 e. The Morgan fingerprint density at radius 2 is 1.93 bits per heavy atom. The molecule has 8 heteroatoms. The predicted octanol–water partition coefficient (Wildman–Crippen LogP) is 4.11. The van der Waals surface area contributed by atoms with E-state index in [1.54, 1.807) is 24.1 Å². The van der Waals surface area contributed by atoms with Crippen LogP contribution in [0.1, 0.15) is 36.4 Å². The minimum Gasteiger partial charge on any atom is -0.421 e. The van der Waals surface area contributed by atoms with Crippen LogP contribution in [0.2, 0.25) is 0 Å². The fraction of sp³-hybridized carbons (Fsp3) is 0.286. The van der Waals surface area contributed by atoms with Crippen LogP contribution in [-0.2, 0) is 11.2 Å². The number of nitro benzene ring substituents is 1. The summed E-state index contributed by atoms with van der Waals surface area (Å²) in [5.74, 6) is 0.704. The van der Waals surface area contributed by atoms with Crippen molar-refractivity contribution in [2.24, 2.45) is 0 Å². The maximum absolute atomic E-state index is 12.6. The van der Waals surface area contributed by atoms with Crippen LogP contribution in [0.5, 0.6) is 0 Å². The van der Waals surface area contributed by atoms with Gasteiger partial charge in [0.25, 0.3) is 5.69 Å². The van der Waals surface area contributed by atoms with E-state index in [4.69, 9.17) is 4.42 Å². The summed E-state index contributed by atoms with van der Waals surface area (Å²) in [6, 6.07) is 13.8. The molecule has 0 fully saturated rings. The highest BCUT2D eigenvalue weighted by molar-refractivity contribution is 5.76. The van der Waals surface area contributed by atoms with Gasteiger partial charge < -0.3 is 9.32 Å². The number of nitrogens with zero attached hydrogens (tertiary/aromatic N) is 4. The van der Waals surface area contributed by atoms with E-state index in [1.165, 1.54) is 12.1 Å². The van der Waals surface area contributed by atoms with Crippen LogP contribution >= 0.6 is 0 Å². The third kappa shape index (κ3) is 4.84. The Hall–Kier alpha value is -3.55. The molecule has 0 saturated carbocycles. The predicted molar refractivity (Wildman–Crippen MR) is 107 cm³/mol. The zero-order valence-corrected chi connectivity index (χ0v) is 16.5. The van der Waals surface area contributed by atoms with E-state index in [0.717, 1.165) is 11.1 Å². The smallest absolute Gasteiger partial charge is 0.269 e. The Labute approximate surface area is 168 Å². The molecule has 3 aromatic rings. The monoisotopic (exact) mass is 394 g/mol. The summed E-state index contributed by atoms with van der Waals surface area (Å²) in [6.45, 7) is 3.83. The van der Waals surface area contributed by atoms with Crippen LogP contribution in [0.15, 0.2) is 52.9 Å². The lowest BCUT2D eigenvalue weighted by molar-refractivity contribution is -0.384. The lowest BCUT2D eigenvalue weighted by atomic mass is 10.1. The van der Waals surface area contributed by atoms with E-state index >= 15 is 0 Å². The third-order valence-corrected chi connectivity index (χ3v) is 4.86. The summed E-state index contributed by atoms with van der Waals surface area (Å²) >= 11 is 0. The fourth-order valence-corrected chi connectivity index (χ4v) is 2.90. The first-order valence-corrected chi connectivity index (χ1v) is 9.24. The summed E-state index contributed by atoms with van der Waals surface area (Å²) in [5, 5.41) is 19.0. The van der Waals surface area contributed by atoms with Gasteiger partial charge in [0.2, 0.25) is 17.7 Å². The first-order chi connectivity index (χ1) is 13.8. The van der Waals surface area contributed by atoms with Gasteiger partial charge in [-0.3, -0.25) is 14.9 Å². The highest BCUT2D eigenvalue weighted by atomic mass is 16.6. The molecule has 0 bridgehead atoms. The van der Waals surface area contributed by atoms with Gasteiger partial charge >= 0.3 is 0 Å². The van der Waals surface area contributed by atoms with Gasteiger partial charge in [0.1, 0.15) is 0 Å². The molecule has 2 aromatic carbocycles. The summed E-state index contributed by atoms with van der Waals surface area (Å²) in [4.78, 5) is 24.6. The number of carbonyl (C=O) groups is 1. The SMILES string of the molecule is Cc1ccc(-c2nnc(CCC(=O)N(C)[C@@H](C)c3cccc([N+](=O)[O-])c3)o2)cc1. The molecule has 1 aromatic heterocycles. The van der Waals surface area contributed by atoms with Crippen molar-refractivity contribution in [2.75, 3.05) is 7.05 Å². The number of carbonyl (C=O) groups excluding carboxylic acids is 1. The summed E-state index contributed by atoms with van der Waals surface area (Å²) in [6.07, 6.45) is 0.523. The van der Waals surface area contributed by atoms with Crippen LogP contribution < -0.4 is 0 Å². The molecule has 0 aliphatic heterocycles. The van der Waals surface area contributed by atoms with Crippen molar-refractivity contribution in [3.05, 3.63) is 75.7 Å². The summed E-state index contributed by atoms with van der Waals surface area (Å²) < 4.78 is 5.66. The van der Waals surface area contributed by atoms with Crippen molar-refractivity contribution in [1.82, 2.24) is 15.1 Å². The van der Waals surface area contributed by atoms with Crippen molar-refractivity contribution in [3.8, 4) is 11.5 Å². The van der Waals surface area contributed by atoms with Crippen LogP contribution in [0.4, 0.5) is 5.69 Å². The summed E-state index contributed by atoms with van der Waals surface area (Å²) in [7, 11) is 1.68. The molecule has 0 saturated heterocycles. The Morgan fingerprint density at radius 3 is 2.62 bits per heavy atom. The van der Waals surface area contributed by atoms with Gasteiger partial charge in [0.05, 0.1) is 11.0 Å². The van der Waals surface area contributed by atoms with E-state index in [0.29, 0.717) is 23.8 Å². The number of benzene rings is 2. The lowest BCUT2D eigenvalue weighted by Gasteiger charge is -2.25. The Bertz CT molecular complexity index is 1010. The minimum absolute atomic E-state index is 0.00435. The molecule has 0 spiro atoms. The van der Waals surface area contributed by atoms with Crippen molar-refractivity contribution < 1.29 is 14.1 Å². The molecular weight excluding hydrogens is 372 g/mol. The van der Waals surface area contributed by atoms with Crippen LogP contribution in [0.25, 0.3) is 11.5 Å². The van der Waals surface area contributed by atoms with Crippen LogP contribution in [0, 0.1) is 17.0 Å². The van der Waals surface area contributed by atoms with Gasteiger partial charge in [-0.15, -0.1) is 10.2 Å². The maximum Gasteiger partial charge on any atom is 0.269 e. The molecule has 1 atom stereocenters. The van der Waals surface area contributed by atoms with E-state index in [1.807, 2.05) is 38.1 Å². The molecule has 0 N–H and O–H groups in total. The topological polar surface area (TPSA) is 102 Å². The molecule has 29 heavy (non-hydrogen) atoms. The zero-order valence-electron chi connectivity index (χ0n) is 16.5. The Morgan fingerprint density at radius 1 is 1.21 bits per heavy atom. The average molecular weight is 394 g/mol. The molecule has 0 aliphatic carbocycles. The second kappa shape index (κ2) is 8.64. The molecule has 1 amide bonds. The molecule has 150 valence electrons. The third-order valence-electron chi connectivity index (χ3n) is 4.86. The molecule has 8 nitrogen and oxygen atoms in total. The van der Waals surface area contributed by atoms with Crippen LogP contribution in [0.3, 0.4) is 0 Å². The van der Waals surface area contributed by atoms with E-state index < -0.39 is 4.92 Å². The standard InChI is InChI=1S/C21H22N4O4/c1-14-7-9-16(10-8-14)21-23-22-19(29-21)11-12-20(26)24(3)15(2)17-5-4-6-18(13-17)25(27)28/h4-10,13,15H,11-12H2,1-3H3/t15-/m0/s1. The average Bonchev–Trinajstić information content (AvgIpc) is 3.20. The summed E-state index contributed by atoms with van der Waals surface area (Å²) in [5.41, 5.74) is 2.68. The Balaban J connectivity index is 1.61. The van der Waals surface area contributed by atoms with E-state index in [-0.39, 0.29) is 24.1 Å². The fourth-order valence-electron chi connectivity index (χ4n) is 2.90. The van der Waals surface area contributed by atoms with Gasteiger partial charge in [-0.05, 0) is 31.5 Å². The van der Waals surface area contributed by atoms with Gasteiger partial charge in [-0.1, -0.05) is 29.8 Å². The number of amides is 1. The van der Waals surface area contributed by atoms with E-state index in [9.17, 15) is 14.9 Å². The quantitative estimate of drug-likeness (QED) is 0.441. The lowest BCUT2D eigenvalue weighted by Crippen LogP contribution is -2.29. The molecular formula is C21H22N4O4. The minimum atomic E-state index is -0.445. The van der Waals surface area contributed by atoms with Gasteiger partial charge in [0.15, 0.2) is 0 Å². The van der Waals surface area contributed by atoms with Crippen molar-refractivity contribution in [1.29, 1.82) is 0 Å². The molecule has 0 radical (unpaired) electrons. The molecule has 1 heterocycles. The van der Waals surface area contributed by atoms with Crippen LogP contribution in [-0.4, -0.2) is 33.0 Å².